The molecular formula is C14H18N4O. The molecule has 19 heavy (non-hydrogen) atoms. The molecule has 5 heteroatoms. The van der Waals surface area contributed by atoms with E-state index < -0.39 is 0 Å². The normalized spacial score (nSPS) is 10.5. The van der Waals surface area contributed by atoms with Gasteiger partial charge in [-0.1, -0.05) is 25.5 Å². The molecule has 1 heterocycles. The van der Waals surface area contributed by atoms with E-state index >= 15 is 0 Å². The fourth-order valence-electron chi connectivity index (χ4n) is 1.96. The van der Waals surface area contributed by atoms with Gasteiger partial charge in [0.05, 0.1) is 5.69 Å². The maximum atomic E-state index is 10.2. The van der Waals surface area contributed by atoms with E-state index in [1.54, 1.807) is 0 Å². The lowest BCUT2D eigenvalue weighted by atomic mass is 10.1. The molecule has 100 valence electrons. The van der Waals surface area contributed by atoms with Crippen LogP contribution in [0.15, 0.2) is 18.2 Å². The van der Waals surface area contributed by atoms with Crippen molar-refractivity contribution in [1.82, 2.24) is 15.0 Å². The first-order valence-electron chi connectivity index (χ1n) is 6.37. The van der Waals surface area contributed by atoms with Crippen molar-refractivity contribution in [2.75, 3.05) is 5.32 Å². The molecule has 0 unspecified atom stereocenters. The molecule has 1 aromatic carbocycles. The summed E-state index contributed by atoms with van der Waals surface area (Å²) in [6, 6.07) is 5.64. The Labute approximate surface area is 112 Å². The summed E-state index contributed by atoms with van der Waals surface area (Å²) < 4.78 is 0. The van der Waals surface area contributed by atoms with Gasteiger partial charge in [-0.05, 0) is 31.9 Å². The third-order valence-corrected chi connectivity index (χ3v) is 2.74. The van der Waals surface area contributed by atoms with Crippen LogP contribution in [-0.4, -0.2) is 20.1 Å². The van der Waals surface area contributed by atoms with Crippen LogP contribution in [0.5, 0.6) is 5.75 Å². The topological polar surface area (TPSA) is 70.9 Å². The predicted molar refractivity (Wildman–Crippen MR) is 74.7 cm³/mol. The highest BCUT2D eigenvalue weighted by atomic mass is 16.3. The van der Waals surface area contributed by atoms with Crippen molar-refractivity contribution in [3.05, 3.63) is 35.4 Å². The van der Waals surface area contributed by atoms with Crippen molar-refractivity contribution < 1.29 is 5.11 Å². The van der Waals surface area contributed by atoms with Crippen LogP contribution in [0.25, 0.3) is 0 Å². The Balaban J connectivity index is 2.30. The van der Waals surface area contributed by atoms with Crippen LogP contribution in [-0.2, 0) is 6.42 Å². The molecule has 5 nitrogen and oxygen atoms in total. The van der Waals surface area contributed by atoms with Crippen molar-refractivity contribution in [2.45, 2.75) is 33.6 Å². The number of phenols is 1. The molecule has 0 spiro atoms. The lowest BCUT2D eigenvalue weighted by molar-refractivity contribution is 0.470. The smallest absolute Gasteiger partial charge is 0.230 e. The summed E-state index contributed by atoms with van der Waals surface area (Å²) in [6.07, 6.45) is 1.83. The molecule has 1 aromatic heterocycles. The van der Waals surface area contributed by atoms with Crippen LogP contribution in [0.1, 0.15) is 30.6 Å². The first-order valence-corrected chi connectivity index (χ1v) is 6.37. The highest BCUT2D eigenvalue weighted by Gasteiger charge is 2.08. The van der Waals surface area contributed by atoms with E-state index in [9.17, 15) is 5.11 Å². The van der Waals surface area contributed by atoms with E-state index in [1.165, 1.54) is 0 Å². The molecule has 2 aromatic rings. The summed E-state index contributed by atoms with van der Waals surface area (Å²) in [5.41, 5.74) is 1.55. The van der Waals surface area contributed by atoms with Gasteiger partial charge in [0.15, 0.2) is 0 Å². The Kier molecular flexibility index (Phi) is 3.94. The number of nitrogens with one attached hydrogen (secondary N) is 1. The van der Waals surface area contributed by atoms with Crippen molar-refractivity contribution in [3.8, 4) is 5.75 Å². The second-order valence-corrected chi connectivity index (χ2v) is 4.44. The minimum Gasteiger partial charge on any atom is -0.505 e. The second-order valence-electron chi connectivity index (χ2n) is 4.44. The third kappa shape index (κ3) is 3.19. The molecule has 0 radical (unpaired) electrons. The molecule has 0 amide bonds. The molecule has 0 atom stereocenters. The molecule has 0 saturated heterocycles. The SMILES string of the molecule is CCCc1cccc(Nc2nc(C)nc(C)n2)c1O. The van der Waals surface area contributed by atoms with Crippen LogP contribution in [0.3, 0.4) is 0 Å². The van der Waals surface area contributed by atoms with E-state index in [0.717, 1.165) is 18.4 Å². The lowest BCUT2D eigenvalue weighted by Gasteiger charge is -2.10. The number of aryl methyl sites for hydroxylation is 3. The molecule has 0 aliphatic heterocycles. The van der Waals surface area contributed by atoms with Gasteiger partial charge < -0.3 is 10.4 Å². The zero-order valence-electron chi connectivity index (χ0n) is 11.4. The van der Waals surface area contributed by atoms with Crippen LogP contribution in [0.2, 0.25) is 0 Å². The Hall–Kier alpha value is -2.17. The summed E-state index contributed by atoms with van der Waals surface area (Å²) in [6.45, 7) is 5.71. The predicted octanol–water partition coefficient (Wildman–Crippen LogP) is 2.89. The van der Waals surface area contributed by atoms with Crippen LogP contribution < -0.4 is 5.32 Å². The highest BCUT2D eigenvalue weighted by molar-refractivity contribution is 5.64. The first kappa shape index (κ1) is 13.3. The average molecular weight is 258 g/mol. The summed E-state index contributed by atoms with van der Waals surface area (Å²) >= 11 is 0. The molecule has 0 saturated carbocycles. The second kappa shape index (κ2) is 5.65. The lowest BCUT2D eigenvalue weighted by Crippen LogP contribution is -2.03. The number of benzene rings is 1. The van der Waals surface area contributed by atoms with Crippen LogP contribution in [0.4, 0.5) is 11.6 Å². The monoisotopic (exact) mass is 258 g/mol. The van der Waals surface area contributed by atoms with E-state index in [4.69, 9.17) is 0 Å². The number of hydrogen-bond donors (Lipinski definition) is 2. The van der Waals surface area contributed by atoms with E-state index in [0.29, 0.717) is 23.3 Å². The van der Waals surface area contributed by atoms with Gasteiger partial charge in [-0.3, -0.25) is 0 Å². The molecule has 2 N–H and O–H groups in total. The molecule has 2 rings (SSSR count). The summed E-state index contributed by atoms with van der Waals surface area (Å²) in [5.74, 6) is 2.02. The maximum absolute atomic E-state index is 10.2. The minimum atomic E-state index is 0.264. The number of para-hydroxylation sites is 1. The molecule has 0 fully saturated rings. The number of phenolic OH excluding ortho intramolecular Hbond substituents is 1. The van der Waals surface area contributed by atoms with Gasteiger partial charge in [0, 0.05) is 0 Å². The molecule has 0 aliphatic rings. The number of hydrogen-bond acceptors (Lipinski definition) is 5. The standard InChI is InChI=1S/C14H18N4O/c1-4-6-11-7-5-8-12(13(11)19)18-14-16-9(2)15-10(3)17-14/h5,7-8,19H,4,6H2,1-3H3,(H,15,16,17,18). The summed E-state index contributed by atoms with van der Waals surface area (Å²) in [4.78, 5) is 12.5. The van der Waals surface area contributed by atoms with Gasteiger partial charge >= 0.3 is 0 Å². The zero-order valence-corrected chi connectivity index (χ0v) is 11.4. The third-order valence-electron chi connectivity index (χ3n) is 2.74. The first-order chi connectivity index (χ1) is 9.10. The maximum Gasteiger partial charge on any atom is 0.230 e. The van der Waals surface area contributed by atoms with Crippen molar-refractivity contribution >= 4 is 11.6 Å². The fourth-order valence-corrected chi connectivity index (χ4v) is 1.96. The van der Waals surface area contributed by atoms with Gasteiger partial charge in [-0.15, -0.1) is 0 Å². The van der Waals surface area contributed by atoms with Gasteiger partial charge in [-0.2, -0.15) is 9.97 Å². The number of aromatic nitrogens is 3. The van der Waals surface area contributed by atoms with Gasteiger partial charge in [0.1, 0.15) is 17.4 Å². The van der Waals surface area contributed by atoms with Crippen molar-refractivity contribution in [3.63, 3.8) is 0 Å². The van der Waals surface area contributed by atoms with Gasteiger partial charge in [-0.25, -0.2) is 4.98 Å². The number of nitrogens with zero attached hydrogens (tertiary/aromatic N) is 3. The molecular weight excluding hydrogens is 240 g/mol. The Morgan fingerprint density at radius 1 is 1.11 bits per heavy atom. The number of anilines is 2. The number of rotatable bonds is 4. The number of aromatic hydroxyl groups is 1. The van der Waals surface area contributed by atoms with Gasteiger partial charge in [0.2, 0.25) is 5.95 Å². The fraction of sp³-hybridized carbons (Fsp3) is 0.357. The highest BCUT2D eigenvalue weighted by Crippen LogP contribution is 2.29. The summed E-state index contributed by atoms with van der Waals surface area (Å²) in [7, 11) is 0. The minimum absolute atomic E-state index is 0.264. The van der Waals surface area contributed by atoms with Crippen molar-refractivity contribution in [2.24, 2.45) is 0 Å². The Morgan fingerprint density at radius 3 is 2.42 bits per heavy atom. The Morgan fingerprint density at radius 2 is 1.79 bits per heavy atom. The average Bonchev–Trinajstić information content (AvgIpc) is 2.33. The van der Waals surface area contributed by atoms with Crippen LogP contribution in [0, 0.1) is 13.8 Å². The largest absolute Gasteiger partial charge is 0.505 e. The van der Waals surface area contributed by atoms with Crippen molar-refractivity contribution in [1.29, 1.82) is 0 Å². The van der Waals surface area contributed by atoms with E-state index in [1.807, 2.05) is 32.0 Å². The van der Waals surface area contributed by atoms with E-state index in [2.05, 4.69) is 27.2 Å². The summed E-state index contributed by atoms with van der Waals surface area (Å²) in [5, 5.41) is 13.2. The quantitative estimate of drug-likeness (QED) is 0.825. The zero-order chi connectivity index (χ0) is 13.8. The molecule has 0 aliphatic carbocycles. The van der Waals surface area contributed by atoms with Crippen LogP contribution >= 0.6 is 0 Å². The molecule has 0 bridgehead atoms. The Bertz CT molecular complexity index is 563. The van der Waals surface area contributed by atoms with E-state index in [-0.39, 0.29) is 5.75 Å². The van der Waals surface area contributed by atoms with Gasteiger partial charge in [0.25, 0.3) is 0 Å².